The van der Waals surface area contributed by atoms with Crippen LogP contribution in [-0.2, 0) is 0 Å². The first-order chi connectivity index (χ1) is 12.6. The first kappa shape index (κ1) is 17.3. The zero-order chi connectivity index (χ0) is 18.3. The SMILES string of the molecule is COc1ccc([C@H](c2sc3nc(C)nn3c2O)N2CCN(C)CC2)cc1. The zero-order valence-electron chi connectivity index (χ0n) is 15.2. The van der Waals surface area contributed by atoms with Gasteiger partial charge in [-0.3, -0.25) is 4.90 Å². The fourth-order valence-corrected chi connectivity index (χ4v) is 4.58. The molecule has 8 heteroatoms. The van der Waals surface area contributed by atoms with E-state index in [1.165, 1.54) is 11.3 Å². The van der Waals surface area contributed by atoms with Gasteiger partial charge in [0.2, 0.25) is 10.8 Å². The molecule has 1 aliphatic heterocycles. The second kappa shape index (κ2) is 6.86. The maximum Gasteiger partial charge on any atom is 0.230 e. The number of likely N-dealkylation sites (N-methyl/N-ethyl adjacent to an activating group) is 1. The Morgan fingerprint density at radius 2 is 1.85 bits per heavy atom. The van der Waals surface area contributed by atoms with E-state index in [4.69, 9.17) is 4.74 Å². The number of thiazole rings is 1. The molecule has 3 heterocycles. The lowest BCUT2D eigenvalue weighted by Gasteiger charge is -2.37. The van der Waals surface area contributed by atoms with E-state index in [-0.39, 0.29) is 11.9 Å². The summed E-state index contributed by atoms with van der Waals surface area (Å²) in [6.45, 7) is 5.74. The van der Waals surface area contributed by atoms with Gasteiger partial charge in [0.05, 0.1) is 18.0 Å². The number of fused-ring (bicyclic) bond motifs is 1. The third-order valence-corrected chi connectivity index (χ3v) is 5.96. The number of aromatic hydroxyl groups is 1. The van der Waals surface area contributed by atoms with Crippen molar-refractivity contribution in [3.8, 4) is 11.6 Å². The molecule has 26 heavy (non-hydrogen) atoms. The molecule has 2 aromatic heterocycles. The zero-order valence-corrected chi connectivity index (χ0v) is 16.0. The molecule has 0 radical (unpaired) electrons. The van der Waals surface area contributed by atoms with Crippen molar-refractivity contribution in [3.05, 3.63) is 40.5 Å². The van der Waals surface area contributed by atoms with E-state index in [2.05, 4.69) is 39.1 Å². The minimum absolute atomic E-state index is 0.0246. The third-order valence-electron chi connectivity index (χ3n) is 4.89. The highest BCUT2D eigenvalue weighted by Gasteiger charge is 2.31. The molecule has 1 saturated heterocycles. The third kappa shape index (κ3) is 3.04. The maximum atomic E-state index is 10.8. The molecule has 0 unspecified atom stereocenters. The standard InChI is InChI=1S/C18H23N5O2S/c1-12-19-18-23(20-12)17(24)16(26-18)15(22-10-8-21(2)9-11-22)13-4-6-14(25-3)7-5-13/h4-7,15,24H,8-11H2,1-3H3/t15-/m1/s1. The fourth-order valence-electron chi connectivity index (χ4n) is 3.42. The van der Waals surface area contributed by atoms with Crippen LogP contribution in [0.25, 0.3) is 4.96 Å². The summed E-state index contributed by atoms with van der Waals surface area (Å²) in [5.74, 6) is 1.68. The van der Waals surface area contributed by atoms with Crippen LogP contribution in [0.4, 0.5) is 0 Å². The summed E-state index contributed by atoms with van der Waals surface area (Å²) in [5.41, 5.74) is 1.13. The predicted molar refractivity (Wildman–Crippen MR) is 101 cm³/mol. The van der Waals surface area contributed by atoms with E-state index in [9.17, 15) is 5.11 Å². The topological polar surface area (TPSA) is 66.1 Å². The molecule has 1 N–H and O–H groups in total. The number of ether oxygens (including phenoxy) is 1. The van der Waals surface area contributed by atoms with Gasteiger partial charge in [-0.1, -0.05) is 23.5 Å². The van der Waals surface area contributed by atoms with Crippen molar-refractivity contribution < 1.29 is 9.84 Å². The number of rotatable bonds is 4. The van der Waals surface area contributed by atoms with Crippen LogP contribution in [-0.4, -0.2) is 69.8 Å². The van der Waals surface area contributed by atoms with Crippen molar-refractivity contribution in [3.63, 3.8) is 0 Å². The van der Waals surface area contributed by atoms with Crippen molar-refractivity contribution in [1.29, 1.82) is 0 Å². The quantitative estimate of drug-likeness (QED) is 0.756. The molecule has 1 atom stereocenters. The van der Waals surface area contributed by atoms with Gasteiger partial charge in [-0.15, -0.1) is 5.10 Å². The van der Waals surface area contributed by atoms with Crippen LogP contribution in [0.5, 0.6) is 11.6 Å². The number of methoxy groups -OCH3 is 1. The van der Waals surface area contributed by atoms with Gasteiger partial charge in [0.15, 0.2) is 0 Å². The number of hydrogen-bond acceptors (Lipinski definition) is 7. The predicted octanol–water partition coefficient (Wildman–Crippen LogP) is 2.15. The van der Waals surface area contributed by atoms with Gasteiger partial charge in [0, 0.05) is 26.2 Å². The average molecular weight is 373 g/mol. The molecule has 1 aromatic carbocycles. The van der Waals surface area contributed by atoms with Crippen molar-refractivity contribution in [2.45, 2.75) is 13.0 Å². The van der Waals surface area contributed by atoms with Crippen LogP contribution < -0.4 is 4.74 Å². The van der Waals surface area contributed by atoms with Crippen molar-refractivity contribution in [1.82, 2.24) is 24.4 Å². The van der Waals surface area contributed by atoms with Gasteiger partial charge < -0.3 is 14.7 Å². The molecule has 138 valence electrons. The lowest BCUT2D eigenvalue weighted by Crippen LogP contribution is -2.46. The molecule has 0 bridgehead atoms. The molecule has 0 aliphatic carbocycles. The molecular weight excluding hydrogens is 350 g/mol. The molecule has 0 amide bonds. The first-order valence-electron chi connectivity index (χ1n) is 8.68. The Morgan fingerprint density at radius 1 is 1.15 bits per heavy atom. The van der Waals surface area contributed by atoms with Gasteiger partial charge in [-0.2, -0.15) is 4.52 Å². The Balaban J connectivity index is 1.77. The number of hydrogen-bond donors (Lipinski definition) is 1. The largest absolute Gasteiger partial charge is 0.497 e. The van der Waals surface area contributed by atoms with Crippen LogP contribution >= 0.6 is 11.3 Å². The lowest BCUT2D eigenvalue weighted by atomic mass is 10.0. The Bertz CT molecular complexity index is 896. The smallest absolute Gasteiger partial charge is 0.230 e. The van der Waals surface area contributed by atoms with Gasteiger partial charge >= 0.3 is 0 Å². The molecule has 1 aliphatic rings. The number of aromatic nitrogens is 3. The van der Waals surface area contributed by atoms with Crippen LogP contribution in [0.3, 0.4) is 0 Å². The van der Waals surface area contributed by atoms with E-state index in [1.54, 1.807) is 11.6 Å². The molecule has 4 rings (SSSR count). The minimum Gasteiger partial charge on any atom is -0.497 e. The van der Waals surface area contributed by atoms with Crippen LogP contribution in [0, 0.1) is 6.92 Å². The lowest BCUT2D eigenvalue weighted by molar-refractivity contribution is 0.127. The molecule has 3 aromatic rings. The Morgan fingerprint density at radius 3 is 2.46 bits per heavy atom. The second-order valence-electron chi connectivity index (χ2n) is 6.66. The summed E-state index contributed by atoms with van der Waals surface area (Å²) in [5, 5.41) is 15.1. The van der Waals surface area contributed by atoms with Crippen LogP contribution in [0.2, 0.25) is 0 Å². The first-order valence-corrected chi connectivity index (χ1v) is 9.50. The highest BCUT2D eigenvalue weighted by molar-refractivity contribution is 7.17. The van der Waals surface area contributed by atoms with Crippen LogP contribution in [0.15, 0.2) is 24.3 Å². The number of piperazine rings is 1. The number of nitrogens with zero attached hydrogens (tertiary/aromatic N) is 5. The number of benzene rings is 1. The minimum atomic E-state index is -0.0246. The number of aryl methyl sites for hydroxylation is 1. The van der Waals surface area contributed by atoms with Crippen molar-refractivity contribution in [2.75, 3.05) is 40.3 Å². The second-order valence-corrected chi connectivity index (χ2v) is 7.67. The van der Waals surface area contributed by atoms with Gasteiger partial charge in [0.1, 0.15) is 11.6 Å². The summed E-state index contributed by atoms with van der Waals surface area (Å²) < 4.78 is 6.84. The van der Waals surface area contributed by atoms with Crippen molar-refractivity contribution >= 4 is 16.3 Å². The van der Waals surface area contributed by atoms with Gasteiger partial charge in [-0.25, -0.2) is 4.98 Å². The maximum absolute atomic E-state index is 10.8. The Kier molecular flexibility index (Phi) is 4.56. The summed E-state index contributed by atoms with van der Waals surface area (Å²) >= 11 is 1.50. The Labute approximate surface area is 156 Å². The molecule has 0 spiro atoms. The van der Waals surface area contributed by atoms with E-state index in [0.29, 0.717) is 5.82 Å². The Hall–Kier alpha value is -2.16. The normalized spacial score (nSPS) is 17.7. The van der Waals surface area contributed by atoms with E-state index in [0.717, 1.165) is 47.3 Å². The van der Waals surface area contributed by atoms with Crippen molar-refractivity contribution in [2.24, 2.45) is 0 Å². The highest BCUT2D eigenvalue weighted by atomic mass is 32.1. The molecule has 7 nitrogen and oxygen atoms in total. The molecule has 0 saturated carbocycles. The molecular formula is C18H23N5O2S. The summed E-state index contributed by atoms with van der Waals surface area (Å²) in [6, 6.07) is 8.06. The summed E-state index contributed by atoms with van der Waals surface area (Å²) in [6.07, 6.45) is 0. The summed E-state index contributed by atoms with van der Waals surface area (Å²) in [7, 11) is 3.81. The van der Waals surface area contributed by atoms with Gasteiger partial charge in [0.25, 0.3) is 0 Å². The van der Waals surface area contributed by atoms with E-state index in [1.807, 2.05) is 19.1 Å². The van der Waals surface area contributed by atoms with Gasteiger partial charge in [-0.05, 0) is 31.7 Å². The van der Waals surface area contributed by atoms with E-state index >= 15 is 0 Å². The van der Waals surface area contributed by atoms with E-state index < -0.39 is 0 Å². The van der Waals surface area contributed by atoms with Crippen LogP contribution in [0.1, 0.15) is 22.3 Å². The fraction of sp³-hybridized carbons (Fsp3) is 0.444. The highest BCUT2D eigenvalue weighted by Crippen LogP contribution is 2.40. The monoisotopic (exact) mass is 373 g/mol. The molecule has 1 fully saturated rings. The summed E-state index contributed by atoms with van der Waals surface area (Å²) in [4.78, 5) is 10.8. The average Bonchev–Trinajstić information content (AvgIpc) is 3.15.